The first-order chi connectivity index (χ1) is 18.5. The largest absolute Gasteiger partial charge is 0.355 e. The summed E-state index contributed by atoms with van der Waals surface area (Å²) in [6.07, 6.45) is 0.326. The lowest BCUT2D eigenvalue weighted by Gasteiger charge is -2.33. The Labute approximate surface area is 240 Å². The minimum atomic E-state index is -4.16. The van der Waals surface area contributed by atoms with E-state index in [0.29, 0.717) is 39.8 Å². The Bertz CT molecular complexity index is 1430. The number of sulfonamides is 1. The summed E-state index contributed by atoms with van der Waals surface area (Å²) in [5.74, 6) is -0.867. The smallest absolute Gasteiger partial charge is 0.264 e. The van der Waals surface area contributed by atoms with Crippen molar-refractivity contribution in [1.29, 1.82) is 0 Å². The van der Waals surface area contributed by atoms with Crippen molar-refractivity contribution in [3.63, 3.8) is 0 Å². The van der Waals surface area contributed by atoms with Crippen LogP contribution in [0.2, 0.25) is 10.0 Å². The van der Waals surface area contributed by atoms with E-state index in [-0.39, 0.29) is 17.3 Å². The van der Waals surface area contributed by atoms with Crippen molar-refractivity contribution >= 4 is 50.7 Å². The Morgan fingerprint density at radius 2 is 1.62 bits per heavy atom. The Balaban J connectivity index is 2.11. The van der Waals surface area contributed by atoms with Crippen LogP contribution in [0.4, 0.5) is 5.69 Å². The fourth-order valence-corrected chi connectivity index (χ4v) is 6.17. The Morgan fingerprint density at radius 1 is 0.949 bits per heavy atom. The van der Waals surface area contributed by atoms with Crippen molar-refractivity contribution in [2.24, 2.45) is 0 Å². The maximum Gasteiger partial charge on any atom is 0.264 e. The number of nitrogens with one attached hydrogen (secondary N) is 1. The standard InChI is InChI=1S/C29H33Cl2N3O4S/c1-5-26(29(36)32-6-2)33(18-22-9-7-8-10-25(22)31)28(35)19-34(27-16-13-23(30)17-21(27)4)39(37,38)24-14-11-20(3)12-15-24/h7-17,26H,5-6,18-19H2,1-4H3,(H,32,36). The molecule has 1 unspecified atom stereocenters. The van der Waals surface area contributed by atoms with Crippen LogP contribution in [0.5, 0.6) is 0 Å². The maximum atomic E-state index is 14.0. The molecule has 208 valence electrons. The normalized spacial score (nSPS) is 12.1. The zero-order chi connectivity index (χ0) is 28.7. The van der Waals surface area contributed by atoms with Gasteiger partial charge in [-0.1, -0.05) is 66.0 Å². The SMILES string of the molecule is CCNC(=O)C(CC)N(Cc1ccccc1Cl)C(=O)CN(c1ccc(Cl)cc1C)S(=O)(=O)c1ccc(C)cc1. The summed E-state index contributed by atoms with van der Waals surface area (Å²) in [4.78, 5) is 28.5. The Morgan fingerprint density at radius 3 is 2.21 bits per heavy atom. The molecule has 3 aromatic carbocycles. The second-order valence-electron chi connectivity index (χ2n) is 9.19. The van der Waals surface area contributed by atoms with Crippen molar-refractivity contribution < 1.29 is 18.0 Å². The molecule has 39 heavy (non-hydrogen) atoms. The van der Waals surface area contributed by atoms with Gasteiger partial charge in [0, 0.05) is 23.1 Å². The summed E-state index contributed by atoms with van der Waals surface area (Å²) in [6.45, 7) is 7.09. The minimum Gasteiger partial charge on any atom is -0.355 e. The molecule has 0 saturated heterocycles. The second kappa shape index (κ2) is 13.3. The molecule has 0 heterocycles. The zero-order valence-corrected chi connectivity index (χ0v) is 24.8. The number of carbonyl (C=O) groups excluding carboxylic acids is 2. The van der Waals surface area contributed by atoms with E-state index in [2.05, 4.69) is 5.32 Å². The van der Waals surface area contributed by atoms with Crippen LogP contribution in [0.25, 0.3) is 0 Å². The number of halogens is 2. The number of carbonyl (C=O) groups is 2. The van der Waals surface area contributed by atoms with Crippen LogP contribution in [0, 0.1) is 13.8 Å². The summed E-state index contributed by atoms with van der Waals surface area (Å²) in [6, 6.07) is 17.5. The van der Waals surface area contributed by atoms with Crippen LogP contribution in [0.3, 0.4) is 0 Å². The van der Waals surface area contributed by atoms with Crippen LogP contribution in [-0.4, -0.2) is 44.3 Å². The Kier molecular flexibility index (Phi) is 10.4. The van der Waals surface area contributed by atoms with E-state index >= 15 is 0 Å². The number of amides is 2. The van der Waals surface area contributed by atoms with Crippen molar-refractivity contribution in [3.05, 3.63) is 93.5 Å². The van der Waals surface area contributed by atoms with Gasteiger partial charge in [-0.15, -0.1) is 0 Å². The molecule has 0 spiro atoms. The summed E-state index contributed by atoms with van der Waals surface area (Å²) in [7, 11) is -4.16. The molecule has 0 aromatic heterocycles. The van der Waals surface area contributed by atoms with Gasteiger partial charge in [0.25, 0.3) is 10.0 Å². The van der Waals surface area contributed by atoms with Gasteiger partial charge in [0.15, 0.2) is 0 Å². The lowest BCUT2D eigenvalue weighted by molar-refractivity contribution is -0.140. The van der Waals surface area contributed by atoms with Crippen LogP contribution in [0.1, 0.15) is 37.0 Å². The highest BCUT2D eigenvalue weighted by atomic mass is 35.5. The third-order valence-electron chi connectivity index (χ3n) is 6.35. The van der Waals surface area contributed by atoms with E-state index in [1.54, 1.807) is 75.4 Å². The highest BCUT2D eigenvalue weighted by molar-refractivity contribution is 7.92. The van der Waals surface area contributed by atoms with Gasteiger partial charge in [-0.05, 0) is 74.7 Å². The topological polar surface area (TPSA) is 86.8 Å². The van der Waals surface area contributed by atoms with E-state index < -0.39 is 28.5 Å². The van der Waals surface area contributed by atoms with Gasteiger partial charge in [-0.2, -0.15) is 0 Å². The predicted octanol–water partition coefficient (Wildman–Crippen LogP) is 5.75. The van der Waals surface area contributed by atoms with Gasteiger partial charge < -0.3 is 10.2 Å². The van der Waals surface area contributed by atoms with Crippen LogP contribution in [-0.2, 0) is 26.2 Å². The highest BCUT2D eigenvalue weighted by Gasteiger charge is 2.34. The van der Waals surface area contributed by atoms with E-state index in [9.17, 15) is 18.0 Å². The van der Waals surface area contributed by atoms with Gasteiger partial charge >= 0.3 is 0 Å². The average molecular weight is 591 g/mol. The maximum absolute atomic E-state index is 14.0. The summed E-state index contributed by atoms with van der Waals surface area (Å²) >= 11 is 12.6. The van der Waals surface area contributed by atoms with Gasteiger partial charge in [0.1, 0.15) is 12.6 Å². The number of rotatable bonds is 11. The van der Waals surface area contributed by atoms with Gasteiger partial charge in [0.05, 0.1) is 10.6 Å². The first-order valence-electron chi connectivity index (χ1n) is 12.7. The van der Waals surface area contributed by atoms with Crippen LogP contribution >= 0.6 is 23.2 Å². The molecule has 0 aliphatic carbocycles. The molecule has 1 N–H and O–H groups in total. The summed E-state index contributed by atoms with van der Waals surface area (Å²) in [5, 5.41) is 3.67. The van der Waals surface area contributed by atoms with E-state index in [1.165, 1.54) is 17.0 Å². The molecule has 1 atom stereocenters. The third kappa shape index (κ3) is 7.32. The third-order valence-corrected chi connectivity index (χ3v) is 8.73. The van der Waals surface area contributed by atoms with E-state index in [1.807, 2.05) is 6.92 Å². The first-order valence-corrected chi connectivity index (χ1v) is 14.8. The predicted molar refractivity (Wildman–Crippen MR) is 157 cm³/mol. The van der Waals surface area contributed by atoms with E-state index in [4.69, 9.17) is 23.2 Å². The average Bonchev–Trinajstić information content (AvgIpc) is 2.89. The number of hydrogen-bond acceptors (Lipinski definition) is 4. The molecule has 0 bridgehead atoms. The molecule has 0 saturated carbocycles. The molecule has 2 amide bonds. The number of aryl methyl sites for hydroxylation is 2. The first kappa shape index (κ1) is 30.5. The van der Waals surface area contributed by atoms with Crippen molar-refractivity contribution in [2.75, 3.05) is 17.4 Å². The molecule has 0 radical (unpaired) electrons. The van der Waals surface area contributed by atoms with Crippen molar-refractivity contribution in [1.82, 2.24) is 10.2 Å². The number of hydrogen-bond donors (Lipinski definition) is 1. The lowest BCUT2D eigenvalue weighted by atomic mass is 10.1. The fraction of sp³-hybridized carbons (Fsp3) is 0.310. The number of likely N-dealkylation sites (N-methyl/N-ethyl adjacent to an activating group) is 1. The molecule has 3 rings (SSSR count). The fourth-order valence-electron chi connectivity index (χ4n) is 4.27. The zero-order valence-electron chi connectivity index (χ0n) is 22.4. The van der Waals surface area contributed by atoms with Crippen LogP contribution in [0.15, 0.2) is 71.6 Å². The molecule has 0 aliphatic rings. The molecule has 0 aliphatic heterocycles. The summed E-state index contributed by atoms with van der Waals surface area (Å²) < 4.78 is 29.0. The molecule has 10 heteroatoms. The number of benzene rings is 3. The van der Waals surface area contributed by atoms with Gasteiger partial charge in [0.2, 0.25) is 11.8 Å². The molecule has 0 fully saturated rings. The molecule has 3 aromatic rings. The quantitative estimate of drug-likeness (QED) is 0.308. The molecular formula is C29H33Cl2N3O4S. The molecular weight excluding hydrogens is 557 g/mol. The van der Waals surface area contributed by atoms with E-state index in [0.717, 1.165) is 9.87 Å². The van der Waals surface area contributed by atoms with Gasteiger partial charge in [-0.25, -0.2) is 8.42 Å². The van der Waals surface area contributed by atoms with Crippen molar-refractivity contribution in [2.45, 2.75) is 51.6 Å². The minimum absolute atomic E-state index is 0.0339. The highest BCUT2D eigenvalue weighted by Crippen LogP contribution is 2.30. The Hall–Kier alpha value is -3.07. The number of anilines is 1. The monoisotopic (exact) mass is 589 g/mol. The number of nitrogens with zero attached hydrogens (tertiary/aromatic N) is 2. The summed E-state index contributed by atoms with van der Waals surface area (Å²) in [5.41, 5.74) is 2.44. The molecule has 7 nitrogen and oxygen atoms in total. The lowest BCUT2D eigenvalue weighted by Crippen LogP contribution is -2.52. The van der Waals surface area contributed by atoms with Crippen LogP contribution < -0.4 is 9.62 Å². The van der Waals surface area contributed by atoms with Crippen molar-refractivity contribution in [3.8, 4) is 0 Å². The second-order valence-corrected chi connectivity index (χ2v) is 11.9. The van der Waals surface area contributed by atoms with Gasteiger partial charge in [-0.3, -0.25) is 13.9 Å².